The first kappa shape index (κ1) is 20.2. The van der Waals surface area contributed by atoms with Gasteiger partial charge in [-0.3, -0.25) is 4.79 Å². The second-order valence-corrected chi connectivity index (χ2v) is 7.03. The molecule has 1 aliphatic heterocycles. The molecule has 3 N–H and O–H groups in total. The number of ether oxygens (including phenoxy) is 2. The van der Waals surface area contributed by atoms with Gasteiger partial charge in [0.1, 0.15) is 5.69 Å². The maximum absolute atomic E-state index is 12.9. The van der Waals surface area contributed by atoms with E-state index in [0.717, 1.165) is 12.0 Å². The molecule has 0 saturated heterocycles. The molecule has 33 heavy (non-hydrogen) atoms. The van der Waals surface area contributed by atoms with E-state index in [1.165, 1.54) is 10.2 Å². The molecule has 1 amide bonds. The molecular formula is C21H18N8O4. The number of carbonyl (C=O) groups is 1. The SMILES string of the molecule is CCc1ccc(C=NNC(=O)c2nnn(-c3nonc3N)c2-c2ccc3c(c2)OCO3)cc1. The van der Waals surface area contributed by atoms with E-state index < -0.39 is 5.91 Å². The Morgan fingerprint density at radius 3 is 2.76 bits per heavy atom. The summed E-state index contributed by atoms with van der Waals surface area (Å²) in [6.07, 6.45) is 2.49. The van der Waals surface area contributed by atoms with Crippen LogP contribution in [0.15, 0.2) is 52.2 Å². The molecule has 12 nitrogen and oxygen atoms in total. The zero-order valence-electron chi connectivity index (χ0n) is 17.4. The minimum Gasteiger partial charge on any atom is -0.454 e. The number of rotatable bonds is 6. The molecule has 3 heterocycles. The lowest BCUT2D eigenvalue weighted by Crippen LogP contribution is -2.19. The average molecular weight is 446 g/mol. The van der Waals surface area contributed by atoms with E-state index >= 15 is 0 Å². The van der Waals surface area contributed by atoms with Crippen LogP contribution in [0.3, 0.4) is 0 Å². The van der Waals surface area contributed by atoms with Gasteiger partial charge in [-0.15, -0.1) is 5.10 Å². The topological polar surface area (TPSA) is 156 Å². The average Bonchev–Trinajstić information content (AvgIpc) is 3.58. The van der Waals surface area contributed by atoms with E-state index in [1.807, 2.05) is 24.3 Å². The third kappa shape index (κ3) is 3.84. The van der Waals surface area contributed by atoms with Gasteiger partial charge in [-0.2, -0.15) is 9.78 Å². The van der Waals surface area contributed by atoms with E-state index in [2.05, 4.69) is 42.7 Å². The summed E-state index contributed by atoms with van der Waals surface area (Å²) in [5, 5.41) is 19.4. The summed E-state index contributed by atoms with van der Waals surface area (Å²) in [7, 11) is 0. The number of nitrogens with zero attached hydrogens (tertiary/aromatic N) is 6. The lowest BCUT2D eigenvalue weighted by Gasteiger charge is -2.07. The Balaban J connectivity index is 1.48. The van der Waals surface area contributed by atoms with Crippen molar-refractivity contribution in [3.63, 3.8) is 0 Å². The predicted molar refractivity (Wildman–Crippen MR) is 116 cm³/mol. The number of hydrogen-bond acceptors (Lipinski definition) is 10. The molecule has 4 aromatic rings. The Kier molecular flexibility index (Phi) is 5.15. The van der Waals surface area contributed by atoms with Crippen LogP contribution in [0.2, 0.25) is 0 Å². The van der Waals surface area contributed by atoms with E-state index in [9.17, 15) is 4.79 Å². The fraction of sp³-hybridized carbons (Fsp3) is 0.143. The number of fused-ring (bicyclic) bond motifs is 1. The maximum Gasteiger partial charge on any atom is 0.294 e. The van der Waals surface area contributed by atoms with Gasteiger partial charge in [0.2, 0.25) is 18.4 Å². The molecule has 0 radical (unpaired) electrons. The number of carbonyl (C=O) groups excluding carboxylic acids is 1. The van der Waals surface area contributed by atoms with Gasteiger partial charge in [0.15, 0.2) is 17.2 Å². The lowest BCUT2D eigenvalue weighted by atomic mass is 10.1. The fourth-order valence-electron chi connectivity index (χ4n) is 3.28. The summed E-state index contributed by atoms with van der Waals surface area (Å²) in [6.45, 7) is 2.19. The van der Waals surface area contributed by atoms with Crippen molar-refractivity contribution in [2.24, 2.45) is 5.10 Å². The zero-order chi connectivity index (χ0) is 22.8. The van der Waals surface area contributed by atoms with Crippen LogP contribution in [0.25, 0.3) is 17.1 Å². The van der Waals surface area contributed by atoms with E-state index in [1.54, 1.807) is 24.4 Å². The highest BCUT2D eigenvalue weighted by molar-refractivity contribution is 5.99. The van der Waals surface area contributed by atoms with Crippen LogP contribution in [0, 0.1) is 0 Å². The molecule has 2 aromatic heterocycles. The Morgan fingerprint density at radius 1 is 1.18 bits per heavy atom. The lowest BCUT2D eigenvalue weighted by molar-refractivity contribution is 0.0950. The Hall–Kier alpha value is -4.74. The van der Waals surface area contributed by atoms with Gasteiger partial charge >= 0.3 is 0 Å². The van der Waals surface area contributed by atoms with Crippen LogP contribution < -0.4 is 20.6 Å². The summed E-state index contributed by atoms with van der Waals surface area (Å²) in [6, 6.07) is 13.0. The number of nitrogens with one attached hydrogen (secondary N) is 1. The molecule has 0 spiro atoms. The van der Waals surface area contributed by atoms with E-state index in [-0.39, 0.29) is 24.1 Å². The Labute approximate surface area is 186 Å². The standard InChI is InChI=1S/C21H18N8O4/c1-2-12-3-5-13(6-4-12)10-23-25-21(30)17-18(14-7-8-15-16(9-14)32-11-31-15)29(28-24-17)20-19(22)26-33-27-20/h3-10H,2,11H2,1H3,(H2,22,26)(H,25,30). The normalized spacial score (nSPS) is 12.4. The van der Waals surface area contributed by atoms with Crippen molar-refractivity contribution in [2.75, 3.05) is 12.5 Å². The number of aryl methyl sites for hydroxylation is 1. The molecule has 2 aromatic carbocycles. The number of nitrogens with two attached hydrogens (primary N) is 1. The van der Waals surface area contributed by atoms with Gasteiger partial charge in [0.05, 0.1) is 6.21 Å². The van der Waals surface area contributed by atoms with Crippen LogP contribution in [0.4, 0.5) is 5.82 Å². The molecule has 1 aliphatic rings. The highest BCUT2D eigenvalue weighted by atomic mass is 16.7. The van der Waals surface area contributed by atoms with Crippen LogP contribution in [-0.4, -0.2) is 44.2 Å². The van der Waals surface area contributed by atoms with Gasteiger partial charge in [-0.25, -0.2) is 10.1 Å². The number of nitrogen functional groups attached to an aromatic ring is 1. The maximum atomic E-state index is 12.9. The second-order valence-electron chi connectivity index (χ2n) is 7.03. The van der Waals surface area contributed by atoms with Crippen molar-refractivity contribution in [3.05, 3.63) is 59.3 Å². The van der Waals surface area contributed by atoms with Crippen LogP contribution in [0.5, 0.6) is 11.5 Å². The van der Waals surface area contributed by atoms with Gasteiger partial charge in [-0.05, 0) is 46.1 Å². The Morgan fingerprint density at radius 2 is 2.00 bits per heavy atom. The number of hydrazone groups is 1. The molecule has 0 aliphatic carbocycles. The van der Waals surface area contributed by atoms with Crippen LogP contribution in [0.1, 0.15) is 28.5 Å². The highest BCUT2D eigenvalue weighted by Crippen LogP contribution is 2.37. The third-order valence-corrected chi connectivity index (χ3v) is 5.00. The van der Waals surface area contributed by atoms with Crippen molar-refractivity contribution < 1.29 is 18.9 Å². The number of amides is 1. The van der Waals surface area contributed by atoms with Crippen molar-refractivity contribution in [2.45, 2.75) is 13.3 Å². The third-order valence-electron chi connectivity index (χ3n) is 5.00. The smallest absolute Gasteiger partial charge is 0.294 e. The molecule has 0 fully saturated rings. The fourth-order valence-corrected chi connectivity index (χ4v) is 3.28. The molecular weight excluding hydrogens is 428 g/mol. The molecule has 166 valence electrons. The predicted octanol–water partition coefficient (Wildman–Crippen LogP) is 1.95. The minimum atomic E-state index is -0.578. The van der Waals surface area contributed by atoms with Crippen molar-refractivity contribution in [1.82, 2.24) is 30.7 Å². The molecule has 5 rings (SSSR count). The van der Waals surface area contributed by atoms with Gasteiger partial charge < -0.3 is 15.2 Å². The van der Waals surface area contributed by atoms with Crippen LogP contribution in [-0.2, 0) is 6.42 Å². The number of benzene rings is 2. The van der Waals surface area contributed by atoms with Crippen molar-refractivity contribution in [1.29, 1.82) is 0 Å². The first-order valence-electron chi connectivity index (χ1n) is 10.0. The molecule has 0 bridgehead atoms. The van der Waals surface area contributed by atoms with Crippen molar-refractivity contribution in [3.8, 4) is 28.6 Å². The number of hydrogen-bond donors (Lipinski definition) is 2. The highest BCUT2D eigenvalue weighted by Gasteiger charge is 2.26. The van der Waals surface area contributed by atoms with Gasteiger partial charge in [0.25, 0.3) is 5.91 Å². The van der Waals surface area contributed by atoms with Crippen LogP contribution >= 0.6 is 0 Å². The minimum absolute atomic E-state index is 0.00486. The molecule has 0 atom stereocenters. The molecule has 0 saturated carbocycles. The first-order valence-corrected chi connectivity index (χ1v) is 10.0. The van der Waals surface area contributed by atoms with E-state index in [4.69, 9.17) is 15.2 Å². The zero-order valence-corrected chi connectivity index (χ0v) is 17.4. The van der Waals surface area contributed by atoms with E-state index in [0.29, 0.717) is 22.8 Å². The quantitative estimate of drug-likeness (QED) is 0.334. The molecule has 0 unspecified atom stereocenters. The summed E-state index contributed by atoms with van der Waals surface area (Å²) < 4.78 is 16.8. The Bertz CT molecular complexity index is 1340. The second kappa shape index (κ2) is 8.42. The number of anilines is 1. The van der Waals surface area contributed by atoms with Gasteiger partial charge in [-0.1, -0.05) is 36.4 Å². The largest absolute Gasteiger partial charge is 0.454 e. The number of aromatic nitrogens is 5. The first-order chi connectivity index (χ1) is 16.1. The van der Waals surface area contributed by atoms with Crippen molar-refractivity contribution >= 4 is 17.9 Å². The van der Waals surface area contributed by atoms with Gasteiger partial charge in [0, 0.05) is 5.56 Å². The monoisotopic (exact) mass is 446 g/mol. The molecule has 12 heteroatoms. The summed E-state index contributed by atoms with van der Waals surface area (Å²) in [5.74, 6) is 0.609. The summed E-state index contributed by atoms with van der Waals surface area (Å²) >= 11 is 0. The summed E-state index contributed by atoms with van der Waals surface area (Å²) in [4.78, 5) is 12.9. The summed E-state index contributed by atoms with van der Waals surface area (Å²) in [5.41, 5.74) is 11.2.